The van der Waals surface area contributed by atoms with Crippen LogP contribution < -0.4 is 19.7 Å². The van der Waals surface area contributed by atoms with Crippen molar-refractivity contribution in [2.24, 2.45) is 5.92 Å². The molecule has 2 aromatic rings. The highest BCUT2D eigenvalue weighted by Gasteiger charge is 2.45. The molecule has 0 unspecified atom stereocenters. The number of fused-ring (bicyclic) bond motifs is 1. The second kappa shape index (κ2) is 10.9. The minimum atomic E-state index is -0.383. The topological polar surface area (TPSA) is 97.4 Å². The van der Waals surface area contributed by atoms with E-state index in [0.29, 0.717) is 55.2 Å². The van der Waals surface area contributed by atoms with Crippen LogP contribution in [0.1, 0.15) is 65.8 Å². The van der Waals surface area contributed by atoms with Crippen LogP contribution in [0.5, 0.6) is 11.5 Å². The number of piperidine rings is 1. The fourth-order valence-electron chi connectivity index (χ4n) is 6.03. The molecule has 9 nitrogen and oxygen atoms in total. The third-order valence-electron chi connectivity index (χ3n) is 8.01. The molecule has 2 saturated heterocycles. The summed E-state index contributed by atoms with van der Waals surface area (Å²) in [6, 6.07) is 10.8. The number of carbonyl (C=O) groups is 3. The van der Waals surface area contributed by atoms with Crippen LogP contribution in [0.3, 0.4) is 0 Å². The van der Waals surface area contributed by atoms with Crippen LogP contribution in [0.4, 0.5) is 5.69 Å². The SMILES string of the molecule is COc1ccc(CNC(=O)[C@@H]2CCCN(c3cccc4c3C(=O)N([C@@H]3CCOC(C)(C)C3)C4=O)C2)cc1OC. The van der Waals surface area contributed by atoms with E-state index in [-0.39, 0.29) is 35.3 Å². The lowest BCUT2D eigenvalue weighted by Crippen LogP contribution is -2.48. The summed E-state index contributed by atoms with van der Waals surface area (Å²) < 4.78 is 16.5. The molecule has 0 spiro atoms. The van der Waals surface area contributed by atoms with Gasteiger partial charge >= 0.3 is 0 Å². The predicted molar refractivity (Wildman–Crippen MR) is 146 cm³/mol. The molecule has 3 heterocycles. The number of nitrogens with one attached hydrogen (secondary N) is 1. The minimum absolute atomic E-state index is 0.0319. The van der Waals surface area contributed by atoms with E-state index >= 15 is 0 Å². The molecule has 39 heavy (non-hydrogen) atoms. The lowest BCUT2D eigenvalue weighted by molar-refractivity contribution is -0.125. The normalized spacial score (nSPS) is 22.5. The van der Waals surface area contributed by atoms with Gasteiger partial charge in [-0.25, -0.2) is 0 Å². The summed E-state index contributed by atoms with van der Waals surface area (Å²) in [5.74, 6) is 0.514. The fraction of sp³-hybridized carbons (Fsp3) is 0.500. The number of imide groups is 1. The third-order valence-corrected chi connectivity index (χ3v) is 8.01. The van der Waals surface area contributed by atoms with Crippen LogP contribution in [-0.2, 0) is 16.1 Å². The number of amides is 3. The van der Waals surface area contributed by atoms with Crippen LogP contribution in [0.2, 0.25) is 0 Å². The van der Waals surface area contributed by atoms with Crippen molar-refractivity contribution >= 4 is 23.4 Å². The summed E-state index contributed by atoms with van der Waals surface area (Å²) in [5.41, 5.74) is 2.16. The lowest BCUT2D eigenvalue weighted by atomic mass is 9.93. The Balaban J connectivity index is 1.29. The smallest absolute Gasteiger partial charge is 0.263 e. The third kappa shape index (κ3) is 5.32. The van der Waals surface area contributed by atoms with Crippen molar-refractivity contribution in [3.05, 3.63) is 53.1 Å². The first-order chi connectivity index (χ1) is 18.7. The molecule has 3 aliphatic heterocycles. The van der Waals surface area contributed by atoms with Gasteiger partial charge in [0.2, 0.25) is 5.91 Å². The Morgan fingerprint density at radius 1 is 1.08 bits per heavy atom. The Labute approximate surface area is 229 Å². The maximum absolute atomic E-state index is 13.7. The lowest BCUT2D eigenvalue weighted by Gasteiger charge is -2.39. The first kappa shape index (κ1) is 27.0. The van der Waals surface area contributed by atoms with E-state index in [1.165, 1.54) is 4.90 Å². The van der Waals surface area contributed by atoms with Crippen molar-refractivity contribution < 1.29 is 28.6 Å². The van der Waals surface area contributed by atoms with Gasteiger partial charge in [-0.15, -0.1) is 0 Å². The molecule has 2 aromatic carbocycles. The number of benzene rings is 2. The van der Waals surface area contributed by atoms with Gasteiger partial charge in [0.15, 0.2) is 11.5 Å². The van der Waals surface area contributed by atoms with Gasteiger partial charge in [0.25, 0.3) is 11.8 Å². The fourth-order valence-corrected chi connectivity index (χ4v) is 6.03. The van der Waals surface area contributed by atoms with Gasteiger partial charge in [0.05, 0.1) is 42.6 Å². The van der Waals surface area contributed by atoms with Crippen LogP contribution in [0.15, 0.2) is 36.4 Å². The Kier molecular flexibility index (Phi) is 7.53. The maximum Gasteiger partial charge on any atom is 0.263 e. The van der Waals surface area contributed by atoms with Crippen LogP contribution >= 0.6 is 0 Å². The van der Waals surface area contributed by atoms with E-state index < -0.39 is 0 Å². The summed E-state index contributed by atoms with van der Waals surface area (Å²) in [6.45, 7) is 6.09. The van der Waals surface area contributed by atoms with Crippen molar-refractivity contribution in [3.8, 4) is 11.5 Å². The first-order valence-electron chi connectivity index (χ1n) is 13.6. The largest absolute Gasteiger partial charge is 0.493 e. The van der Waals surface area contributed by atoms with E-state index in [1.54, 1.807) is 20.3 Å². The monoisotopic (exact) mass is 535 g/mol. The zero-order valence-electron chi connectivity index (χ0n) is 23.1. The number of carbonyl (C=O) groups excluding carboxylic acids is 3. The van der Waals surface area contributed by atoms with E-state index in [0.717, 1.165) is 30.6 Å². The number of hydrogen-bond acceptors (Lipinski definition) is 7. The molecule has 0 bridgehead atoms. The highest BCUT2D eigenvalue weighted by atomic mass is 16.5. The van der Waals surface area contributed by atoms with Crippen molar-refractivity contribution in [2.75, 3.05) is 38.8 Å². The number of anilines is 1. The van der Waals surface area contributed by atoms with E-state index in [4.69, 9.17) is 14.2 Å². The quantitative estimate of drug-likeness (QED) is 0.539. The summed E-state index contributed by atoms with van der Waals surface area (Å²) in [7, 11) is 3.17. The second-order valence-corrected chi connectivity index (χ2v) is 11.1. The van der Waals surface area contributed by atoms with Gasteiger partial charge in [-0.1, -0.05) is 12.1 Å². The molecule has 3 aliphatic rings. The van der Waals surface area contributed by atoms with Crippen molar-refractivity contribution in [1.82, 2.24) is 10.2 Å². The molecule has 0 radical (unpaired) electrons. The second-order valence-electron chi connectivity index (χ2n) is 11.1. The van der Waals surface area contributed by atoms with Gasteiger partial charge in [-0.05, 0) is 69.4 Å². The molecule has 9 heteroatoms. The molecule has 208 valence electrons. The average molecular weight is 536 g/mol. The van der Waals surface area contributed by atoms with Gasteiger partial charge in [-0.2, -0.15) is 0 Å². The predicted octanol–water partition coefficient (Wildman–Crippen LogP) is 3.79. The van der Waals surface area contributed by atoms with Crippen LogP contribution in [-0.4, -0.2) is 68.2 Å². The van der Waals surface area contributed by atoms with Crippen LogP contribution in [0.25, 0.3) is 0 Å². The van der Waals surface area contributed by atoms with E-state index in [2.05, 4.69) is 10.2 Å². The molecular formula is C30H37N3O6. The highest BCUT2D eigenvalue weighted by molar-refractivity contribution is 6.24. The molecule has 0 saturated carbocycles. The van der Waals surface area contributed by atoms with Crippen molar-refractivity contribution in [1.29, 1.82) is 0 Å². The van der Waals surface area contributed by atoms with Gasteiger partial charge in [-0.3, -0.25) is 19.3 Å². The molecule has 1 N–H and O–H groups in total. The first-order valence-corrected chi connectivity index (χ1v) is 13.6. The van der Waals surface area contributed by atoms with Crippen molar-refractivity contribution in [2.45, 2.75) is 57.7 Å². The molecular weight excluding hydrogens is 498 g/mol. The number of nitrogens with zero attached hydrogens (tertiary/aromatic N) is 2. The number of methoxy groups -OCH3 is 2. The summed E-state index contributed by atoms with van der Waals surface area (Å²) in [4.78, 5) is 43.8. The molecule has 0 aliphatic carbocycles. The van der Waals surface area contributed by atoms with Gasteiger partial charge in [0.1, 0.15) is 0 Å². The Hall–Kier alpha value is -3.59. The summed E-state index contributed by atoms with van der Waals surface area (Å²) >= 11 is 0. The number of hydrogen-bond donors (Lipinski definition) is 1. The molecule has 0 aromatic heterocycles. The molecule has 5 rings (SSSR count). The Morgan fingerprint density at radius 2 is 1.87 bits per heavy atom. The maximum atomic E-state index is 13.7. The number of rotatable bonds is 7. The molecule has 2 atom stereocenters. The Bertz CT molecular complexity index is 1280. The standard InChI is InChI=1S/C30H37N3O6/c1-30(2)16-21(12-14-39-30)33-28(35)22-8-5-9-23(26(22)29(33)36)32-13-6-7-20(18-32)27(34)31-17-19-10-11-24(37-3)25(15-19)38-4/h5,8-11,15,20-21H,6-7,12-14,16-18H2,1-4H3,(H,31,34)/t20-,21-/m1/s1. The van der Waals surface area contributed by atoms with Gasteiger partial charge in [0, 0.05) is 32.3 Å². The minimum Gasteiger partial charge on any atom is -0.493 e. The summed E-state index contributed by atoms with van der Waals surface area (Å²) in [5, 5.41) is 3.05. The molecule has 2 fully saturated rings. The highest BCUT2D eigenvalue weighted by Crippen LogP contribution is 2.38. The van der Waals surface area contributed by atoms with Crippen molar-refractivity contribution in [3.63, 3.8) is 0 Å². The summed E-state index contributed by atoms with van der Waals surface area (Å²) in [6.07, 6.45) is 2.83. The zero-order valence-corrected chi connectivity index (χ0v) is 23.1. The van der Waals surface area contributed by atoms with E-state index in [9.17, 15) is 14.4 Å². The zero-order chi connectivity index (χ0) is 27.7. The van der Waals surface area contributed by atoms with Gasteiger partial charge < -0.3 is 24.4 Å². The number of ether oxygens (including phenoxy) is 3. The molecule has 3 amide bonds. The average Bonchev–Trinajstić information content (AvgIpc) is 3.20. The van der Waals surface area contributed by atoms with Crippen LogP contribution in [0, 0.1) is 5.92 Å². The van der Waals surface area contributed by atoms with E-state index in [1.807, 2.05) is 44.2 Å². The Morgan fingerprint density at radius 3 is 2.62 bits per heavy atom.